The molecule has 3 aromatic rings. The Bertz CT molecular complexity index is 974. The van der Waals surface area contributed by atoms with Crippen molar-refractivity contribution >= 4 is 15.9 Å². The minimum Gasteiger partial charge on any atom is -0.395 e. The first-order valence-electron chi connectivity index (χ1n) is 8.55. The highest BCUT2D eigenvalue weighted by atomic mass is 79.9. The molecule has 0 amide bonds. The number of rotatable bonds is 5. The minimum atomic E-state index is -0.249. The van der Waals surface area contributed by atoms with Crippen LogP contribution in [0, 0.1) is 0 Å². The first kappa shape index (κ1) is 17.2. The van der Waals surface area contributed by atoms with Crippen molar-refractivity contribution < 1.29 is 9.63 Å². The molecule has 0 saturated heterocycles. The molecular formula is C19H18BrN3O3. The Morgan fingerprint density at radius 2 is 2.00 bits per heavy atom. The van der Waals surface area contributed by atoms with E-state index < -0.39 is 0 Å². The van der Waals surface area contributed by atoms with E-state index in [1.165, 1.54) is 4.57 Å². The molecule has 4 rings (SSSR count). The number of aliphatic hydroxyl groups is 1. The van der Waals surface area contributed by atoms with Crippen molar-refractivity contribution in [2.75, 3.05) is 6.61 Å². The molecule has 6 nitrogen and oxygen atoms in total. The van der Waals surface area contributed by atoms with Gasteiger partial charge in [-0.1, -0.05) is 39.6 Å². The summed E-state index contributed by atoms with van der Waals surface area (Å²) in [6.07, 6.45) is 4.65. The molecule has 0 spiro atoms. The Labute approximate surface area is 158 Å². The average Bonchev–Trinajstić information content (AvgIpc) is 3.07. The summed E-state index contributed by atoms with van der Waals surface area (Å²) < 4.78 is 7.91. The van der Waals surface area contributed by atoms with Gasteiger partial charge in [0.05, 0.1) is 12.0 Å². The number of nitrogens with zero attached hydrogens (tertiary/aromatic N) is 3. The highest BCUT2D eigenvalue weighted by molar-refractivity contribution is 9.10. The lowest BCUT2D eigenvalue weighted by molar-refractivity contribution is 0.272. The van der Waals surface area contributed by atoms with Crippen LogP contribution in [0.4, 0.5) is 0 Å². The summed E-state index contributed by atoms with van der Waals surface area (Å²) >= 11 is 3.47. The predicted octanol–water partition coefficient (Wildman–Crippen LogP) is 3.12. The highest BCUT2D eigenvalue weighted by Crippen LogP contribution is 2.48. The summed E-state index contributed by atoms with van der Waals surface area (Å²) in [6.45, 7) is 0.127. The van der Waals surface area contributed by atoms with E-state index in [0.29, 0.717) is 11.4 Å². The quantitative estimate of drug-likeness (QED) is 0.691. The molecule has 0 aliphatic heterocycles. The van der Waals surface area contributed by atoms with Crippen LogP contribution in [0.5, 0.6) is 0 Å². The summed E-state index contributed by atoms with van der Waals surface area (Å²) in [6, 6.07) is 11.6. The standard InChI is InChI=1S/C19H18BrN3O3/c20-14-6-4-13(5-7-14)19(8-2-9-19)18-21-16(26-22-18)15-3-1-10-23(11-12-24)17(15)25/h1,3-7,10,24H,2,8-9,11-12H2. The van der Waals surface area contributed by atoms with E-state index in [1.807, 2.05) is 12.1 Å². The Balaban J connectivity index is 1.73. The summed E-state index contributed by atoms with van der Waals surface area (Å²) in [4.78, 5) is 17.1. The average molecular weight is 416 g/mol. The van der Waals surface area contributed by atoms with Crippen LogP contribution in [0.15, 0.2) is 56.4 Å². The van der Waals surface area contributed by atoms with Gasteiger partial charge in [-0.2, -0.15) is 4.98 Å². The lowest BCUT2D eigenvalue weighted by atomic mass is 9.64. The third-order valence-corrected chi connectivity index (χ3v) is 5.58. The van der Waals surface area contributed by atoms with Crippen LogP contribution in [-0.2, 0) is 12.0 Å². The van der Waals surface area contributed by atoms with E-state index in [2.05, 4.69) is 38.2 Å². The molecule has 1 N–H and O–H groups in total. The van der Waals surface area contributed by atoms with Crippen LogP contribution in [0.1, 0.15) is 30.7 Å². The van der Waals surface area contributed by atoms with Crippen molar-refractivity contribution in [1.29, 1.82) is 0 Å². The van der Waals surface area contributed by atoms with Gasteiger partial charge in [0.1, 0.15) is 5.56 Å². The van der Waals surface area contributed by atoms with Gasteiger partial charge in [0.25, 0.3) is 11.4 Å². The molecule has 0 atom stereocenters. The van der Waals surface area contributed by atoms with Crippen LogP contribution < -0.4 is 5.56 Å². The summed E-state index contributed by atoms with van der Waals surface area (Å²) in [5, 5.41) is 13.3. The van der Waals surface area contributed by atoms with E-state index in [4.69, 9.17) is 9.63 Å². The second-order valence-electron chi connectivity index (χ2n) is 6.51. The van der Waals surface area contributed by atoms with Gasteiger partial charge in [-0.25, -0.2) is 0 Å². The second-order valence-corrected chi connectivity index (χ2v) is 7.43. The first-order valence-corrected chi connectivity index (χ1v) is 9.34. The molecule has 0 radical (unpaired) electrons. The van der Waals surface area contributed by atoms with E-state index in [1.54, 1.807) is 18.3 Å². The lowest BCUT2D eigenvalue weighted by Gasteiger charge is -2.39. The highest BCUT2D eigenvalue weighted by Gasteiger charge is 2.44. The fraction of sp³-hybridized carbons (Fsp3) is 0.316. The van der Waals surface area contributed by atoms with Gasteiger partial charge in [0, 0.05) is 17.2 Å². The number of hydrogen-bond donors (Lipinski definition) is 1. The van der Waals surface area contributed by atoms with E-state index >= 15 is 0 Å². The lowest BCUT2D eigenvalue weighted by Crippen LogP contribution is -2.36. The van der Waals surface area contributed by atoms with Gasteiger partial charge in [-0.15, -0.1) is 0 Å². The Morgan fingerprint density at radius 3 is 2.65 bits per heavy atom. The van der Waals surface area contributed by atoms with Gasteiger partial charge in [0.2, 0.25) is 0 Å². The Hall–Kier alpha value is -2.25. The maximum atomic E-state index is 12.5. The molecule has 1 aliphatic rings. The smallest absolute Gasteiger partial charge is 0.263 e. The Kier molecular flexibility index (Phi) is 4.50. The van der Waals surface area contributed by atoms with Gasteiger partial charge in [0.15, 0.2) is 5.82 Å². The number of aromatic nitrogens is 3. The third kappa shape index (κ3) is 2.81. The molecule has 2 aromatic heterocycles. The third-order valence-electron chi connectivity index (χ3n) is 5.05. The topological polar surface area (TPSA) is 81.2 Å². The molecule has 7 heteroatoms. The van der Waals surface area contributed by atoms with Crippen LogP contribution in [0.2, 0.25) is 0 Å². The van der Waals surface area contributed by atoms with E-state index in [0.717, 1.165) is 29.3 Å². The second kappa shape index (κ2) is 6.81. The van der Waals surface area contributed by atoms with Crippen molar-refractivity contribution in [3.05, 3.63) is 68.8 Å². The van der Waals surface area contributed by atoms with Crippen molar-refractivity contribution in [3.63, 3.8) is 0 Å². The molecule has 0 unspecified atom stereocenters. The fourth-order valence-electron chi connectivity index (χ4n) is 3.45. The van der Waals surface area contributed by atoms with E-state index in [-0.39, 0.29) is 30.0 Å². The molecule has 2 heterocycles. The van der Waals surface area contributed by atoms with Gasteiger partial charge < -0.3 is 14.2 Å². The van der Waals surface area contributed by atoms with Crippen LogP contribution in [-0.4, -0.2) is 26.4 Å². The molecule has 134 valence electrons. The Morgan fingerprint density at radius 1 is 1.23 bits per heavy atom. The van der Waals surface area contributed by atoms with Gasteiger partial charge >= 0.3 is 0 Å². The zero-order valence-electron chi connectivity index (χ0n) is 14.1. The van der Waals surface area contributed by atoms with Crippen molar-refractivity contribution in [2.45, 2.75) is 31.2 Å². The van der Waals surface area contributed by atoms with Crippen molar-refractivity contribution in [3.8, 4) is 11.5 Å². The molecule has 1 aliphatic carbocycles. The number of halogens is 1. The SMILES string of the molecule is O=c1c(-c2nc(C3(c4ccc(Br)cc4)CCC3)no2)cccn1CCO. The number of aliphatic hydroxyl groups excluding tert-OH is 1. The van der Waals surface area contributed by atoms with Crippen LogP contribution in [0.3, 0.4) is 0 Å². The number of hydrogen-bond acceptors (Lipinski definition) is 5. The van der Waals surface area contributed by atoms with Crippen molar-refractivity contribution in [1.82, 2.24) is 14.7 Å². The van der Waals surface area contributed by atoms with Crippen molar-refractivity contribution in [2.24, 2.45) is 0 Å². The normalized spacial score (nSPS) is 15.6. The maximum Gasteiger partial charge on any atom is 0.263 e. The number of pyridine rings is 1. The van der Waals surface area contributed by atoms with E-state index in [9.17, 15) is 4.79 Å². The summed E-state index contributed by atoms with van der Waals surface area (Å²) in [5.74, 6) is 0.846. The first-order chi connectivity index (χ1) is 12.6. The predicted molar refractivity (Wildman–Crippen MR) is 99.9 cm³/mol. The number of benzene rings is 1. The molecular weight excluding hydrogens is 398 g/mol. The summed E-state index contributed by atoms with van der Waals surface area (Å²) in [5.41, 5.74) is 1.01. The monoisotopic (exact) mass is 415 g/mol. The molecule has 0 bridgehead atoms. The fourth-order valence-corrected chi connectivity index (χ4v) is 3.72. The molecule has 26 heavy (non-hydrogen) atoms. The summed E-state index contributed by atoms with van der Waals surface area (Å²) in [7, 11) is 0. The maximum absolute atomic E-state index is 12.5. The van der Waals surface area contributed by atoms with Gasteiger partial charge in [-0.3, -0.25) is 4.79 Å². The van der Waals surface area contributed by atoms with Crippen LogP contribution >= 0.6 is 15.9 Å². The molecule has 1 saturated carbocycles. The largest absolute Gasteiger partial charge is 0.395 e. The molecule has 1 fully saturated rings. The van der Waals surface area contributed by atoms with Gasteiger partial charge in [-0.05, 0) is 42.7 Å². The minimum absolute atomic E-state index is 0.106. The zero-order valence-corrected chi connectivity index (χ0v) is 15.6. The zero-order chi connectivity index (χ0) is 18.1. The molecule has 1 aromatic carbocycles. The van der Waals surface area contributed by atoms with Crippen LogP contribution in [0.25, 0.3) is 11.5 Å².